The van der Waals surface area contributed by atoms with Crippen molar-refractivity contribution in [2.75, 3.05) is 13.2 Å². The minimum atomic E-state index is -0.408. The second-order valence-electron chi connectivity index (χ2n) is 4.81. The lowest BCUT2D eigenvalue weighted by Crippen LogP contribution is -2.22. The van der Waals surface area contributed by atoms with Crippen molar-refractivity contribution in [3.63, 3.8) is 0 Å². The lowest BCUT2D eigenvalue weighted by Gasteiger charge is -2.16. The Kier molecular flexibility index (Phi) is 3.11. The molecule has 5 heteroatoms. The van der Waals surface area contributed by atoms with E-state index in [2.05, 4.69) is 5.32 Å². The van der Waals surface area contributed by atoms with Gasteiger partial charge >= 0.3 is 6.09 Å². The molecule has 2 aliphatic rings. The Hall–Kier alpha value is -2.04. The van der Waals surface area contributed by atoms with Crippen LogP contribution in [0.1, 0.15) is 28.8 Å². The van der Waals surface area contributed by atoms with Gasteiger partial charge in [0, 0.05) is 12.0 Å². The van der Waals surface area contributed by atoms with Crippen molar-refractivity contribution in [2.24, 2.45) is 0 Å². The molecule has 1 heterocycles. The smallest absolute Gasteiger partial charge is 0.407 e. The molecule has 1 aromatic carbocycles. The fourth-order valence-electron chi connectivity index (χ4n) is 2.41. The van der Waals surface area contributed by atoms with Gasteiger partial charge in [-0.1, -0.05) is 6.07 Å². The number of amides is 1. The zero-order chi connectivity index (χ0) is 13.2. The van der Waals surface area contributed by atoms with Gasteiger partial charge in [0.2, 0.25) is 0 Å². The monoisotopic (exact) mass is 261 g/mol. The molecule has 0 aromatic heterocycles. The number of hydrogen-bond donors (Lipinski definition) is 1. The number of aryl methyl sites for hydroxylation is 1. The van der Waals surface area contributed by atoms with Crippen LogP contribution >= 0.6 is 0 Å². The molecule has 0 radical (unpaired) electrons. The van der Waals surface area contributed by atoms with E-state index in [-0.39, 0.29) is 11.9 Å². The number of fused-ring (bicyclic) bond motifs is 1. The molecule has 1 saturated heterocycles. The second kappa shape index (κ2) is 4.91. The molecule has 0 bridgehead atoms. The zero-order valence-corrected chi connectivity index (χ0v) is 10.5. The number of carbonyl (C=O) groups is 2. The molecule has 1 aliphatic heterocycles. The van der Waals surface area contributed by atoms with Crippen LogP contribution in [-0.4, -0.2) is 31.1 Å². The second-order valence-corrected chi connectivity index (χ2v) is 4.81. The van der Waals surface area contributed by atoms with E-state index in [0.29, 0.717) is 25.3 Å². The van der Waals surface area contributed by atoms with E-state index in [1.54, 1.807) is 6.07 Å². The summed E-state index contributed by atoms with van der Waals surface area (Å²) in [6.45, 7) is 0.758. The number of cyclic esters (lactones) is 1. The maximum absolute atomic E-state index is 11.8. The maximum atomic E-state index is 11.8. The minimum Gasteiger partial charge on any atom is -0.490 e. The number of nitrogens with one attached hydrogen (secondary N) is 1. The number of Topliss-reactive ketones (excluding diaryl/α,β-unsaturated/α-hetero) is 1. The summed E-state index contributed by atoms with van der Waals surface area (Å²) in [5, 5.41) is 2.57. The van der Waals surface area contributed by atoms with Gasteiger partial charge in [-0.05, 0) is 30.5 Å². The van der Waals surface area contributed by atoms with Crippen LogP contribution < -0.4 is 10.1 Å². The fourth-order valence-corrected chi connectivity index (χ4v) is 2.41. The summed E-state index contributed by atoms with van der Waals surface area (Å²) in [4.78, 5) is 22.7. The van der Waals surface area contributed by atoms with Crippen LogP contribution in [0.4, 0.5) is 4.79 Å². The number of carbonyl (C=O) groups excluding carboxylic acids is 2. The molecular weight excluding hydrogens is 246 g/mol. The zero-order valence-electron chi connectivity index (χ0n) is 10.5. The summed E-state index contributed by atoms with van der Waals surface area (Å²) in [6.07, 6.45) is 1.82. The van der Waals surface area contributed by atoms with Crippen LogP contribution in [-0.2, 0) is 11.2 Å². The van der Waals surface area contributed by atoms with E-state index in [1.807, 2.05) is 12.1 Å². The highest BCUT2D eigenvalue weighted by Crippen LogP contribution is 2.25. The minimum absolute atomic E-state index is 0.181. The lowest BCUT2D eigenvalue weighted by atomic mass is 9.90. The first-order chi connectivity index (χ1) is 9.22. The van der Waals surface area contributed by atoms with E-state index < -0.39 is 6.09 Å². The van der Waals surface area contributed by atoms with Gasteiger partial charge in [-0.15, -0.1) is 0 Å². The van der Waals surface area contributed by atoms with Gasteiger partial charge < -0.3 is 14.8 Å². The van der Waals surface area contributed by atoms with Crippen LogP contribution in [0.5, 0.6) is 5.75 Å². The van der Waals surface area contributed by atoms with Crippen molar-refractivity contribution in [1.29, 1.82) is 0 Å². The topological polar surface area (TPSA) is 64.6 Å². The number of benzene rings is 1. The summed E-state index contributed by atoms with van der Waals surface area (Å²) in [5.74, 6) is 0.831. The third kappa shape index (κ3) is 2.54. The fraction of sp³-hybridized carbons (Fsp3) is 0.429. The van der Waals surface area contributed by atoms with Crippen LogP contribution in [0.25, 0.3) is 0 Å². The summed E-state index contributed by atoms with van der Waals surface area (Å²) in [5.41, 5.74) is 1.86. The van der Waals surface area contributed by atoms with Crippen LogP contribution in [0.2, 0.25) is 0 Å². The number of ketones is 1. The Labute approximate surface area is 110 Å². The average Bonchev–Trinajstić information content (AvgIpc) is 2.83. The van der Waals surface area contributed by atoms with E-state index in [0.717, 1.165) is 24.0 Å². The van der Waals surface area contributed by atoms with Crippen molar-refractivity contribution in [2.45, 2.75) is 25.4 Å². The van der Waals surface area contributed by atoms with Crippen molar-refractivity contribution >= 4 is 11.9 Å². The Morgan fingerprint density at radius 2 is 2.21 bits per heavy atom. The first kappa shape index (κ1) is 12.0. The molecule has 1 aliphatic carbocycles. The van der Waals surface area contributed by atoms with Crippen molar-refractivity contribution in [3.8, 4) is 5.75 Å². The van der Waals surface area contributed by atoms with Gasteiger partial charge in [-0.2, -0.15) is 0 Å². The largest absolute Gasteiger partial charge is 0.490 e. The normalized spacial score (nSPS) is 21.6. The molecule has 1 atom stereocenters. The van der Waals surface area contributed by atoms with E-state index in [9.17, 15) is 9.59 Å². The molecule has 5 nitrogen and oxygen atoms in total. The van der Waals surface area contributed by atoms with Gasteiger partial charge in [0.25, 0.3) is 0 Å². The lowest BCUT2D eigenvalue weighted by molar-refractivity contribution is 0.0971. The predicted octanol–water partition coefficient (Wildman–Crippen LogP) is 1.69. The Morgan fingerprint density at radius 3 is 3.00 bits per heavy atom. The molecule has 100 valence electrons. The molecule has 1 unspecified atom stereocenters. The SMILES string of the molecule is O=C1NCC(COc2ccc3c(c2)C(=O)CCC3)O1. The summed E-state index contributed by atoms with van der Waals surface area (Å²) in [6, 6.07) is 5.60. The molecule has 0 spiro atoms. The molecule has 1 aromatic rings. The van der Waals surface area contributed by atoms with Crippen LogP contribution in [0.3, 0.4) is 0 Å². The highest BCUT2D eigenvalue weighted by atomic mass is 16.6. The van der Waals surface area contributed by atoms with Crippen molar-refractivity contribution in [3.05, 3.63) is 29.3 Å². The molecule has 3 rings (SSSR count). The maximum Gasteiger partial charge on any atom is 0.407 e. The van der Waals surface area contributed by atoms with Gasteiger partial charge in [0.15, 0.2) is 11.9 Å². The Balaban J connectivity index is 1.67. The third-order valence-electron chi connectivity index (χ3n) is 3.42. The summed E-state index contributed by atoms with van der Waals surface area (Å²) < 4.78 is 10.6. The van der Waals surface area contributed by atoms with E-state index >= 15 is 0 Å². The molecular formula is C14H15NO4. The Bertz CT molecular complexity index is 526. The highest BCUT2D eigenvalue weighted by Gasteiger charge is 2.23. The van der Waals surface area contributed by atoms with Crippen molar-refractivity contribution in [1.82, 2.24) is 5.32 Å². The first-order valence-corrected chi connectivity index (χ1v) is 6.46. The molecule has 1 amide bonds. The van der Waals surface area contributed by atoms with Gasteiger partial charge in [0.1, 0.15) is 12.4 Å². The Morgan fingerprint density at radius 1 is 1.32 bits per heavy atom. The number of alkyl carbamates (subject to hydrolysis) is 1. The van der Waals surface area contributed by atoms with Crippen molar-refractivity contribution < 1.29 is 19.1 Å². The molecule has 1 N–H and O–H groups in total. The summed E-state index contributed by atoms with van der Waals surface area (Å²) >= 11 is 0. The van der Waals surface area contributed by atoms with Gasteiger partial charge in [-0.3, -0.25) is 4.79 Å². The quantitative estimate of drug-likeness (QED) is 0.899. The average molecular weight is 261 g/mol. The summed E-state index contributed by atoms with van der Waals surface area (Å²) in [7, 11) is 0. The van der Waals surface area contributed by atoms with E-state index in [4.69, 9.17) is 9.47 Å². The van der Waals surface area contributed by atoms with Gasteiger partial charge in [-0.25, -0.2) is 4.79 Å². The van der Waals surface area contributed by atoms with E-state index in [1.165, 1.54) is 0 Å². The first-order valence-electron chi connectivity index (χ1n) is 6.46. The van der Waals surface area contributed by atoms with Gasteiger partial charge in [0.05, 0.1) is 6.54 Å². The van der Waals surface area contributed by atoms with Crippen LogP contribution in [0, 0.1) is 0 Å². The number of rotatable bonds is 3. The number of ether oxygens (including phenoxy) is 2. The highest BCUT2D eigenvalue weighted by molar-refractivity contribution is 5.98. The predicted molar refractivity (Wildman–Crippen MR) is 67.5 cm³/mol. The number of hydrogen-bond acceptors (Lipinski definition) is 4. The van der Waals surface area contributed by atoms with Crippen LogP contribution in [0.15, 0.2) is 18.2 Å². The third-order valence-corrected chi connectivity index (χ3v) is 3.42. The molecule has 1 fully saturated rings. The molecule has 19 heavy (non-hydrogen) atoms. The standard InChI is InChI=1S/C14H15NO4/c16-13-3-1-2-9-4-5-10(6-12(9)13)18-8-11-7-15-14(17)19-11/h4-6,11H,1-3,7-8H2,(H,15,17). The molecule has 0 saturated carbocycles.